The van der Waals surface area contributed by atoms with Crippen molar-refractivity contribution in [1.82, 2.24) is 0 Å². The minimum absolute atomic E-state index is 0.229. The van der Waals surface area contributed by atoms with Crippen molar-refractivity contribution in [3.05, 3.63) is 48.1 Å². The van der Waals surface area contributed by atoms with Crippen molar-refractivity contribution >= 4 is 14.5 Å². The Morgan fingerprint density at radius 2 is 2.18 bits per heavy atom. The lowest BCUT2D eigenvalue weighted by Crippen LogP contribution is -2.24. The van der Waals surface area contributed by atoms with Crippen LogP contribution in [0.4, 0.5) is 4.39 Å². The van der Waals surface area contributed by atoms with Crippen molar-refractivity contribution in [2.75, 3.05) is 0 Å². The molecule has 17 heavy (non-hydrogen) atoms. The molecule has 1 rings (SSSR count). The standard InChI is InChI=1S/C13H18FNOSi/c1-11(16-17(2,3)4)15-9-8-12-6-5-7-13(14)10-12/h5-7,9-10H,1,8H2,2-4H3/b15-9+. The van der Waals surface area contributed by atoms with E-state index >= 15 is 0 Å². The van der Waals surface area contributed by atoms with Crippen molar-refractivity contribution in [2.24, 2.45) is 4.99 Å². The van der Waals surface area contributed by atoms with Gasteiger partial charge in [0.05, 0.1) is 0 Å². The fourth-order valence-electron chi connectivity index (χ4n) is 1.30. The first-order valence-corrected chi connectivity index (χ1v) is 8.92. The summed E-state index contributed by atoms with van der Waals surface area (Å²) < 4.78 is 18.5. The normalized spacial score (nSPS) is 11.8. The lowest BCUT2D eigenvalue weighted by molar-refractivity contribution is 0.420. The second-order valence-corrected chi connectivity index (χ2v) is 9.18. The summed E-state index contributed by atoms with van der Waals surface area (Å²) in [6, 6.07) is 6.46. The van der Waals surface area contributed by atoms with Crippen LogP contribution in [0.1, 0.15) is 5.56 Å². The fourth-order valence-corrected chi connectivity index (χ4v) is 2.06. The summed E-state index contributed by atoms with van der Waals surface area (Å²) in [5, 5.41) is 0. The minimum Gasteiger partial charge on any atom is -0.532 e. The first-order valence-electron chi connectivity index (χ1n) is 5.52. The number of rotatable bonds is 5. The van der Waals surface area contributed by atoms with Crippen molar-refractivity contribution in [1.29, 1.82) is 0 Å². The average molecular weight is 251 g/mol. The Morgan fingerprint density at radius 1 is 1.47 bits per heavy atom. The molecule has 0 N–H and O–H groups in total. The lowest BCUT2D eigenvalue weighted by atomic mass is 10.2. The van der Waals surface area contributed by atoms with Crippen molar-refractivity contribution < 1.29 is 8.82 Å². The first-order chi connectivity index (χ1) is 7.87. The van der Waals surface area contributed by atoms with E-state index in [0.717, 1.165) is 5.56 Å². The van der Waals surface area contributed by atoms with E-state index in [0.29, 0.717) is 12.3 Å². The van der Waals surface area contributed by atoms with Gasteiger partial charge >= 0.3 is 0 Å². The van der Waals surface area contributed by atoms with Gasteiger partial charge in [-0.3, -0.25) is 0 Å². The summed E-state index contributed by atoms with van der Waals surface area (Å²) in [7, 11) is -1.63. The van der Waals surface area contributed by atoms with Gasteiger partial charge in [0.2, 0.25) is 8.32 Å². The Balaban J connectivity index is 2.48. The second kappa shape index (κ2) is 5.77. The van der Waals surface area contributed by atoms with Crippen LogP contribution in [0.5, 0.6) is 0 Å². The highest BCUT2D eigenvalue weighted by Crippen LogP contribution is 2.09. The number of benzene rings is 1. The second-order valence-electron chi connectivity index (χ2n) is 4.75. The van der Waals surface area contributed by atoms with Gasteiger partial charge in [-0.15, -0.1) is 0 Å². The van der Waals surface area contributed by atoms with Gasteiger partial charge in [0.1, 0.15) is 5.82 Å². The molecule has 0 heterocycles. The smallest absolute Gasteiger partial charge is 0.244 e. The molecule has 4 heteroatoms. The number of hydrogen-bond donors (Lipinski definition) is 0. The van der Waals surface area contributed by atoms with Crippen LogP contribution in [-0.4, -0.2) is 14.5 Å². The van der Waals surface area contributed by atoms with Gasteiger partial charge in [-0.25, -0.2) is 9.38 Å². The maximum atomic E-state index is 12.9. The van der Waals surface area contributed by atoms with Crippen molar-refractivity contribution in [3.63, 3.8) is 0 Å². The third kappa shape index (κ3) is 6.02. The van der Waals surface area contributed by atoms with Crippen LogP contribution in [0.15, 0.2) is 41.7 Å². The van der Waals surface area contributed by atoms with E-state index in [4.69, 9.17) is 4.43 Å². The Hall–Kier alpha value is -1.42. The fraction of sp³-hybridized carbons (Fsp3) is 0.308. The van der Waals surface area contributed by atoms with E-state index in [1.54, 1.807) is 12.3 Å². The number of nitrogens with zero attached hydrogens (tertiary/aromatic N) is 1. The monoisotopic (exact) mass is 251 g/mol. The Kier molecular flexibility index (Phi) is 4.63. The lowest BCUT2D eigenvalue weighted by Gasteiger charge is -2.17. The van der Waals surface area contributed by atoms with Crippen molar-refractivity contribution in [2.45, 2.75) is 26.1 Å². The summed E-state index contributed by atoms with van der Waals surface area (Å²) in [5.74, 6) is 0.202. The topological polar surface area (TPSA) is 21.6 Å². The van der Waals surface area contributed by atoms with Crippen molar-refractivity contribution in [3.8, 4) is 0 Å². The summed E-state index contributed by atoms with van der Waals surface area (Å²) in [5.41, 5.74) is 0.884. The molecule has 0 fully saturated rings. The highest BCUT2D eigenvalue weighted by atomic mass is 28.4. The van der Waals surface area contributed by atoms with E-state index in [2.05, 4.69) is 31.2 Å². The van der Waals surface area contributed by atoms with Crippen LogP contribution >= 0.6 is 0 Å². The first kappa shape index (κ1) is 13.6. The Morgan fingerprint density at radius 3 is 2.76 bits per heavy atom. The molecule has 0 bridgehead atoms. The molecular weight excluding hydrogens is 233 g/mol. The molecule has 0 atom stereocenters. The van der Waals surface area contributed by atoms with E-state index in [9.17, 15) is 4.39 Å². The molecule has 92 valence electrons. The average Bonchev–Trinajstić information content (AvgIpc) is 2.14. The van der Waals surface area contributed by atoms with Gasteiger partial charge in [-0.2, -0.15) is 0 Å². The van der Waals surface area contributed by atoms with E-state index in [1.807, 2.05) is 6.07 Å². The number of aliphatic imine (C=N–C) groups is 1. The Labute approximate surface area is 103 Å². The predicted octanol–water partition coefficient (Wildman–Crippen LogP) is 3.76. The van der Waals surface area contributed by atoms with Gasteiger partial charge in [0, 0.05) is 12.6 Å². The molecule has 2 nitrogen and oxygen atoms in total. The van der Waals surface area contributed by atoms with E-state index < -0.39 is 8.32 Å². The molecule has 0 aromatic heterocycles. The van der Waals surface area contributed by atoms with Gasteiger partial charge in [-0.05, 0) is 43.9 Å². The number of hydrogen-bond acceptors (Lipinski definition) is 2. The molecule has 0 saturated heterocycles. The summed E-state index contributed by atoms with van der Waals surface area (Å²) in [6.07, 6.45) is 2.27. The summed E-state index contributed by atoms with van der Waals surface area (Å²) in [6.45, 7) is 9.94. The molecule has 0 aliphatic carbocycles. The van der Waals surface area contributed by atoms with Crippen LogP contribution in [0, 0.1) is 5.82 Å². The largest absolute Gasteiger partial charge is 0.532 e. The third-order valence-corrected chi connectivity index (χ3v) is 2.72. The van der Waals surface area contributed by atoms with Gasteiger partial charge in [0.15, 0.2) is 5.88 Å². The molecule has 0 aliphatic heterocycles. The zero-order chi connectivity index (χ0) is 12.9. The van der Waals surface area contributed by atoms with Crippen LogP contribution in [0.25, 0.3) is 0 Å². The Bertz CT molecular complexity index is 424. The SMILES string of the molecule is C=C(/N=C/Cc1cccc(F)c1)O[Si](C)(C)C. The minimum atomic E-state index is -1.63. The predicted molar refractivity (Wildman–Crippen MR) is 72.2 cm³/mol. The van der Waals surface area contributed by atoms with E-state index in [1.165, 1.54) is 12.1 Å². The molecule has 1 aromatic carbocycles. The maximum absolute atomic E-state index is 12.9. The summed E-state index contributed by atoms with van der Waals surface area (Å²) in [4.78, 5) is 4.11. The van der Waals surface area contributed by atoms with Gasteiger partial charge in [0.25, 0.3) is 0 Å². The van der Waals surface area contributed by atoms with Gasteiger partial charge in [-0.1, -0.05) is 12.1 Å². The third-order valence-electron chi connectivity index (χ3n) is 1.88. The molecule has 0 aliphatic rings. The quantitative estimate of drug-likeness (QED) is 0.443. The highest BCUT2D eigenvalue weighted by Gasteiger charge is 2.15. The number of halogens is 1. The van der Waals surface area contributed by atoms with E-state index in [-0.39, 0.29) is 5.82 Å². The van der Waals surface area contributed by atoms with Crippen LogP contribution in [0.2, 0.25) is 19.6 Å². The zero-order valence-corrected chi connectivity index (χ0v) is 11.5. The van der Waals surface area contributed by atoms with Crippen LogP contribution in [0.3, 0.4) is 0 Å². The van der Waals surface area contributed by atoms with Crippen LogP contribution < -0.4 is 0 Å². The maximum Gasteiger partial charge on any atom is 0.244 e. The van der Waals surface area contributed by atoms with Gasteiger partial charge < -0.3 is 4.43 Å². The molecule has 0 radical (unpaired) electrons. The molecule has 1 aromatic rings. The molecular formula is C13H18FNOSi. The molecule has 0 amide bonds. The highest BCUT2D eigenvalue weighted by molar-refractivity contribution is 6.70. The summed E-state index contributed by atoms with van der Waals surface area (Å²) >= 11 is 0. The van der Waals surface area contributed by atoms with Crippen LogP contribution in [-0.2, 0) is 10.8 Å². The zero-order valence-electron chi connectivity index (χ0n) is 10.5. The molecule has 0 spiro atoms. The molecule has 0 unspecified atom stereocenters. The molecule has 0 saturated carbocycles.